The van der Waals surface area contributed by atoms with Crippen LogP contribution < -0.4 is 10.6 Å². The highest BCUT2D eigenvalue weighted by atomic mass is 32.2. The lowest BCUT2D eigenvalue weighted by molar-refractivity contribution is -0.116. The number of hydrogen-bond acceptors (Lipinski definition) is 4. The van der Waals surface area contributed by atoms with Crippen LogP contribution in [0, 0.1) is 6.92 Å². The van der Waals surface area contributed by atoms with Crippen LogP contribution in [0.1, 0.15) is 5.56 Å². The highest BCUT2D eigenvalue weighted by Gasteiger charge is 2.37. The minimum atomic E-state index is -4.07. The van der Waals surface area contributed by atoms with E-state index in [0.717, 1.165) is 5.56 Å². The lowest BCUT2D eigenvalue weighted by Gasteiger charge is -2.28. The molecule has 0 aliphatic carbocycles. The number of carbonyl (C=O) groups excluding carboxylic acids is 2. The second-order valence-electron chi connectivity index (χ2n) is 5.36. The second kappa shape index (κ2) is 5.97. The number of fused-ring (bicyclic) bond motifs is 1. The largest absolute Gasteiger partial charge is 0.336 e. The number of nitrogens with one attached hydrogen (secondary N) is 2. The summed E-state index contributed by atoms with van der Waals surface area (Å²) in [6.07, 6.45) is 0. The SMILES string of the molecule is Cc1cccc(NC(=O)CN2C(=O)Nc3ccccc3S2(=O)=O)c1. The minimum Gasteiger partial charge on any atom is -0.325 e. The van der Waals surface area contributed by atoms with E-state index in [9.17, 15) is 18.0 Å². The van der Waals surface area contributed by atoms with Gasteiger partial charge in [-0.15, -0.1) is 0 Å². The molecule has 0 saturated carbocycles. The van der Waals surface area contributed by atoms with Crippen LogP contribution in [0.15, 0.2) is 53.4 Å². The van der Waals surface area contributed by atoms with Crippen molar-refractivity contribution in [3.8, 4) is 0 Å². The number of amides is 3. The molecule has 3 amide bonds. The fraction of sp³-hybridized carbons (Fsp3) is 0.125. The monoisotopic (exact) mass is 345 g/mol. The van der Waals surface area contributed by atoms with Gasteiger partial charge in [-0.05, 0) is 36.8 Å². The summed E-state index contributed by atoms with van der Waals surface area (Å²) in [6.45, 7) is 1.27. The quantitative estimate of drug-likeness (QED) is 0.891. The van der Waals surface area contributed by atoms with Gasteiger partial charge < -0.3 is 10.6 Å². The summed E-state index contributed by atoms with van der Waals surface area (Å²) in [6, 6.07) is 12.3. The van der Waals surface area contributed by atoms with Crippen molar-refractivity contribution in [3.05, 3.63) is 54.1 Å². The first kappa shape index (κ1) is 16.0. The third-order valence-corrected chi connectivity index (χ3v) is 5.30. The van der Waals surface area contributed by atoms with Crippen molar-refractivity contribution in [1.29, 1.82) is 0 Å². The number of nitrogens with zero attached hydrogens (tertiary/aromatic N) is 1. The Kier molecular flexibility index (Phi) is 3.98. The maximum absolute atomic E-state index is 12.5. The lowest BCUT2D eigenvalue weighted by Crippen LogP contribution is -2.47. The number of benzene rings is 2. The standard InChI is InChI=1S/C16H15N3O4S/c1-11-5-4-6-12(9-11)17-15(20)10-19-16(21)18-13-7-2-3-8-14(13)24(19,22)23/h2-9H,10H2,1H3,(H,17,20)(H,18,21). The Morgan fingerprint density at radius 2 is 1.92 bits per heavy atom. The Morgan fingerprint density at radius 1 is 1.17 bits per heavy atom. The summed E-state index contributed by atoms with van der Waals surface area (Å²) in [4.78, 5) is 24.2. The highest BCUT2D eigenvalue weighted by molar-refractivity contribution is 7.90. The zero-order valence-electron chi connectivity index (χ0n) is 12.8. The molecule has 0 saturated heterocycles. The zero-order valence-corrected chi connectivity index (χ0v) is 13.6. The van der Waals surface area contributed by atoms with Crippen LogP contribution in [-0.2, 0) is 14.8 Å². The molecule has 0 bridgehead atoms. The number of anilines is 2. The minimum absolute atomic E-state index is 0.0343. The molecule has 124 valence electrons. The smallest absolute Gasteiger partial charge is 0.325 e. The van der Waals surface area contributed by atoms with E-state index < -0.39 is 28.5 Å². The van der Waals surface area contributed by atoms with E-state index >= 15 is 0 Å². The Bertz CT molecular complexity index is 924. The molecule has 0 spiro atoms. The molecule has 0 atom stereocenters. The molecular weight excluding hydrogens is 330 g/mol. The van der Waals surface area contributed by atoms with E-state index in [0.29, 0.717) is 9.99 Å². The van der Waals surface area contributed by atoms with Gasteiger partial charge in [-0.3, -0.25) is 4.79 Å². The number of carbonyl (C=O) groups is 2. The second-order valence-corrected chi connectivity index (χ2v) is 7.19. The molecule has 2 N–H and O–H groups in total. The van der Waals surface area contributed by atoms with Crippen molar-refractivity contribution >= 4 is 33.3 Å². The molecule has 1 heterocycles. The number of hydrogen-bond donors (Lipinski definition) is 2. The van der Waals surface area contributed by atoms with Crippen LogP contribution in [0.3, 0.4) is 0 Å². The topological polar surface area (TPSA) is 95.6 Å². The van der Waals surface area contributed by atoms with Crippen molar-refractivity contribution in [2.75, 3.05) is 17.2 Å². The Hall–Kier alpha value is -2.87. The van der Waals surface area contributed by atoms with E-state index in [1.807, 2.05) is 13.0 Å². The van der Waals surface area contributed by atoms with Gasteiger partial charge in [-0.1, -0.05) is 24.3 Å². The van der Waals surface area contributed by atoms with Crippen molar-refractivity contribution < 1.29 is 18.0 Å². The van der Waals surface area contributed by atoms with Crippen LogP contribution >= 0.6 is 0 Å². The van der Waals surface area contributed by atoms with E-state index in [2.05, 4.69) is 10.6 Å². The molecule has 8 heteroatoms. The lowest BCUT2D eigenvalue weighted by atomic mass is 10.2. The Balaban J connectivity index is 1.82. The summed E-state index contributed by atoms with van der Waals surface area (Å²) >= 11 is 0. The van der Waals surface area contributed by atoms with Crippen molar-refractivity contribution in [1.82, 2.24) is 4.31 Å². The predicted octanol–water partition coefficient (Wildman–Crippen LogP) is 2.17. The van der Waals surface area contributed by atoms with Crippen molar-refractivity contribution in [3.63, 3.8) is 0 Å². The maximum atomic E-state index is 12.5. The summed E-state index contributed by atoms with van der Waals surface area (Å²) in [7, 11) is -4.07. The van der Waals surface area contributed by atoms with Crippen LogP contribution in [0.5, 0.6) is 0 Å². The molecule has 2 aromatic rings. The number of sulfonamides is 1. The van der Waals surface area contributed by atoms with Crippen LogP contribution in [0.4, 0.5) is 16.2 Å². The first-order valence-electron chi connectivity index (χ1n) is 7.17. The molecule has 1 aliphatic heterocycles. The molecule has 7 nitrogen and oxygen atoms in total. The molecule has 0 fully saturated rings. The van der Waals surface area contributed by atoms with Gasteiger partial charge in [-0.2, -0.15) is 0 Å². The van der Waals surface area contributed by atoms with Crippen LogP contribution in [-0.4, -0.2) is 31.2 Å². The Labute approximate surface area is 139 Å². The zero-order chi connectivity index (χ0) is 17.3. The average molecular weight is 345 g/mol. The van der Waals surface area contributed by atoms with Gasteiger partial charge >= 0.3 is 6.03 Å². The Morgan fingerprint density at radius 3 is 2.67 bits per heavy atom. The third kappa shape index (κ3) is 2.95. The fourth-order valence-electron chi connectivity index (χ4n) is 2.41. The number of urea groups is 1. The van der Waals surface area contributed by atoms with Gasteiger partial charge in [0, 0.05) is 5.69 Å². The van der Waals surface area contributed by atoms with Gasteiger partial charge in [0.1, 0.15) is 11.4 Å². The molecular formula is C16H15N3O4S. The molecule has 2 aromatic carbocycles. The summed E-state index contributed by atoms with van der Waals surface area (Å²) < 4.78 is 25.6. The molecule has 0 radical (unpaired) electrons. The first-order chi connectivity index (χ1) is 11.4. The van der Waals surface area contributed by atoms with E-state index in [4.69, 9.17) is 0 Å². The normalized spacial score (nSPS) is 15.4. The van der Waals surface area contributed by atoms with E-state index in [-0.39, 0.29) is 10.6 Å². The third-order valence-electron chi connectivity index (χ3n) is 3.51. The summed E-state index contributed by atoms with van der Waals surface area (Å²) in [5, 5.41) is 5.06. The molecule has 24 heavy (non-hydrogen) atoms. The predicted molar refractivity (Wildman–Crippen MR) is 89.2 cm³/mol. The van der Waals surface area contributed by atoms with Crippen LogP contribution in [0.25, 0.3) is 0 Å². The summed E-state index contributed by atoms with van der Waals surface area (Å²) in [5.41, 5.74) is 1.69. The molecule has 3 rings (SSSR count). The average Bonchev–Trinajstić information content (AvgIpc) is 2.51. The van der Waals surface area contributed by atoms with Crippen molar-refractivity contribution in [2.24, 2.45) is 0 Å². The molecule has 0 aromatic heterocycles. The maximum Gasteiger partial charge on any atom is 0.336 e. The van der Waals surface area contributed by atoms with Gasteiger partial charge in [0.2, 0.25) is 5.91 Å². The van der Waals surface area contributed by atoms with E-state index in [1.165, 1.54) is 12.1 Å². The van der Waals surface area contributed by atoms with Gasteiger partial charge in [-0.25, -0.2) is 17.5 Å². The van der Waals surface area contributed by atoms with Gasteiger partial charge in [0.05, 0.1) is 5.69 Å². The van der Waals surface area contributed by atoms with E-state index in [1.54, 1.807) is 30.3 Å². The van der Waals surface area contributed by atoms with Crippen molar-refractivity contribution in [2.45, 2.75) is 11.8 Å². The van der Waals surface area contributed by atoms with Gasteiger partial charge in [0.25, 0.3) is 10.0 Å². The number of aryl methyl sites for hydroxylation is 1. The van der Waals surface area contributed by atoms with Crippen LogP contribution in [0.2, 0.25) is 0 Å². The molecule has 0 unspecified atom stereocenters. The highest BCUT2D eigenvalue weighted by Crippen LogP contribution is 2.29. The molecule has 1 aliphatic rings. The number of rotatable bonds is 3. The van der Waals surface area contributed by atoms with Gasteiger partial charge in [0.15, 0.2) is 0 Å². The fourth-order valence-corrected chi connectivity index (χ4v) is 3.85. The first-order valence-corrected chi connectivity index (χ1v) is 8.61. The number of para-hydroxylation sites is 1. The summed E-state index contributed by atoms with van der Waals surface area (Å²) in [5.74, 6) is -0.598.